The number of halogens is 1. The molecule has 2 fully saturated rings. The first kappa shape index (κ1) is 20.6. The molecule has 4 rings (SSSR count). The molecule has 2 aliphatic rings. The normalized spacial score (nSPS) is 25.5. The van der Waals surface area contributed by atoms with Crippen LogP contribution in [0, 0.1) is 28.1 Å². The summed E-state index contributed by atoms with van der Waals surface area (Å²) in [5.74, 6) is 0. The molecule has 0 atom stereocenters. The maximum absolute atomic E-state index is 10.7. The largest absolute Gasteiger partial charge is 1.00 e. The Bertz CT molecular complexity index is 832. The van der Waals surface area contributed by atoms with Gasteiger partial charge in [0.15, 0.2) is 0 Å². The Kier molecular flexibility index (Phi) is 5.94. The van der Waals surface area contributed by atoms with Crippen LogP contribution in [-0.2, 0) is 5.41 Å². The Labute approximate surface area is 178 Å². The number of piperidine rings is 1. The molecule has 2 aromatic carbocycles. The number of rotatable bonds is 6. The number of quaternary nitrogens is 1. The van der Waals surface area contributed by atoms with Crippen LogP contribution in [0.5, 0.6) is 0 Å². The van der Waals surface area contributed by atoms with E-state index in [-0.39, 0.29) is 22.4 Å². The summed E-state index contributed by atoms with van der Waals surface area (Å²) in [7, 11) is 0. The Morgan fingerprint density at radius 2 is 1.43 bits per heavy atom. The van der Waals surface area contributed by atoms with E-state index >= 15 is 0 Å². The summed E-state index contributed by atoms with van der Waals surface area (Å²) in [4.78, 5) is 0. The van der Waals surface area contributed by atoms with E-state index in [2.05, 4.69) is 60.7 Å². The minimum Gasteiger partial charge on any atom is -1.00 e. The van der Waals surface area contributed by atoms with Gasteiger partial charge >= 0.3 is 0 Å². The van der Waals surface area contributed by atoms with Gasteiger partial charge in [-0.15, -0.1) is 0 Å². The second-order valence-corrected chi connectivity index (χ2v) is 8.31. The fourth-order valence-electron chi connectivity index (χ4n) is 5.79. The lowest BCUT2D eigenvalue weighted by Crippen LogP contribution is -3.00. The van der Waals surface area contributed by atoms with Gasteiger partial charge in [0.05, 0.1) is 43.7 Å². The number of benzene rings is 2. The van der Waals surface area contributed by atoms with E-state index in [0.717, 1.165) is 61.1 Å². The van der Waals surface area contributed by atoms with Crippen molar-refractivity contribution in [3.63, 3.8) is 0 Å². The monoisotopic (exact) mass is 435 g/mol. The van der Waals surface area contributed by atoms with Gasteiger partial charge in [-0.1, -0.05) is 60.7 Å². The summed E-state index contributed by atoms with van der Waals surface area (Å²) in [5.41, 5.74) is 1.61. The van der Waals surface area contributed by atoms with Crippen LogP contribution in [0.25, 0.3) is 0 Å². The van der Waals surface area contributed by atoms with Crippen molar-refractivity contribution in [2.24, 2.45) is 5.41 Å². The third-order valence-electron chi connectivity index (χ3n) is 7.07. The summed E-state index contributed by atoms with van der Waals surface area (Å²) in [5, 5.41) is 19.6. The second-order valence-electron chi connectivity index (χ2n) is 8.31. The van der Waals surface area contributed by atoms with E-state index in [4.69, 9.17) is 5.26 Å². The van der Waals surface area contributed by atoms with Crippen molar-refractivity contribution in [2.45, 2.75) is 31.1 Å². The van der Waals surface area contributed by atoms with Crippen molar-refractivity contribution in [3.05, 3.63) is 71.8 Å². The van der Waals surface area contributed by atoms with Crippen molar-refractivity contribution < 1.29 is 21.5 Å². The van der Waals surface area contributed by atoms with Crippen LogP contribution in [-0.4, -0.2) is 30.7 Å². The van der Waals surface area contributed by atoms with Crippen LogP contribution >= 0.6 is 0 Å². The summed E-state index contributed by atoms with van der Waals surface area (Å²) >= 11 is 0. The Morgan fingerprint density at radius 1 is 0.893 bits per heavy atom. The maximum Gasteiger partial charge on any atom is 0.118 e. The highest BCUT2D eigenvalue weighted by atomic mass is 79.9. The van der Waals surface area contributed by atoms with E-state index in [1.807, 2.05) is 12.1 Å². The molecule has 2 saturated heterocycles. The number of hydrogen-bond donors (Lipinski definition) is 0. The lowest BCUT2D eigenvalue weighted by atomic mass is 9.56. The molecule has 0 N–H and O–H groups in total. The molecule has 0 unspecified atom stereocenters. The predicted molar refractivity (Wildman–Crippen MR) is 106 cm³/mol. The van der Waals surface area contributed by atoms with Crippen molar-refractivity contribution in [2.75, 3.05) is 26.2 Å². The summed E-state index contributed by atoms with van der Waals surface area (Å²) in [6.45, 7) is 4.39. The van der Waals surface area contributed by atoms with Crippen LogP contribution in [0.3, 0.4) is 0 Å². The minimum absolute atomic E-state index is 0. The summed E-state index contributed by atoms with van der Waals surface area (Å²) in [6.07, 6.45) is 3.75. The average Bonchev–Trinajstić information content (AvgIpc) is 3.28. The van der Waals surface area contributed by atoms with Crippen LogP contribution in [0.4, 0.5) is 0 Å². The highest BCUT2D eigenvalue weighted by Crippen LogP contribution is 2.59. The van der Waals surface area contributed by atoms with Gasteiger partial charge in [0.25, 0.3) is 0 Å². The summed E-state index contributed by atoms with van der Waals surface area (Å²) in [6, 6.07) is 25.9. The molecule has 2 aliphatic heterocycles. The standard InChI is InChI=1S/C24H26N3.BrH/c25-15-7-8-16-27-17-13-23(20-27,14-18-27)24(19-26,21-9-3-1-4-10-21)22-11-5-2-6-12-22;/h1-6,9-12H,7-8,13-14,16-18,20H2;1H/q+1;/p-1. The zero-order valence-electron chi connectivity index (χ0n) is 16.1. The molecule has 144 valence electrons. The van der Waals surface area contributed by atoms with Crippen LogP contribution in [0.1, 0.15) is 36.8 Å². The quantitative estimate of drug-likeness (QED) is 0.508. The average molecular weight is 436 g/mol. The van der Waals surface area contributed by atoms with Gasteiger partial charge in [0.2, 0.25) is 0 Å². The van der Waals surface area contributed by atoms with Gasteiger partial charge in [-0.3, -0.25) is 0 Å². The molecule has 0 aliphatic carbocycles. The van der Waals surface area contributed by atoms with Crippen LogP contribution in [0.2, 0.25) is 0 Å². The maximum atomic E-state index is 10.7. The molecule has 2 heterocycles. The van der Waals surface area contributed by atoms with Gasteiger partial charge in [0, 0.05) is 25.7 Å². The van der Waals surface area contributed by atoms with Crippen molar-refractivity contribution in [1.82, 2.24) is 0 Å². The molecule has 4 heteroatoms. The second kappa shape index (κ2) is 8.08. The third kappa shape index (κ3) is 3.06. The van der Waals surface area contributed by atoms with Gasteiger partial charge in [-0.2, -0.15) is 10.5 Å². The molecular formula is C24H26BrN3. The molecule has 2 bridgehead atoms. The van der Waals surface area contributed by atoms with Crippen LogP contribution < -0.4 is 17.0 Å². The van der Waals surface area contributed by atoms with E-state index in [9.17, 15) is 5.26 Å². The number of unbranched alkanes of at least 4 members (excludes halogenated alkanes) is 1. The zero-order valence-corrected chi connectivity index (χ0v) is 17.7. The molecule has 0 spiro atoms. The molecular weight excluding hydrogens is 410 g/mol. The molecule has 0 amide bonds. The highest BCUT2D eigenvalue weighted by molar-refractivity contribution is 5.49. The van der Waals surface area contributed by atoms with E-state index in [1.165, 1.54) is 0 Å². The number of nitrogens with zero attached hydrogens (tertiary/aromatic N) is 3. The highest BCUT2D eigenvalue weighted by Gasteiger charge is 2.66. The third-order valence-corrected chi connectivity index (χ3v) is 7.07. The first-order chi connectivity index (χ1) is 13.2. The molecule has 3 nitrogen and oxygen atoms in total. The number of hydrogen-bond acceptors (Lipinski definition) is 2. The smallest absolute Gasteiger partial charge is 0.118 e. The van der Waals surface area contributed by atoms with Crippen molar-refractivity contribution in [3.8, 4) is 12.1 Å². The summed E-state index contributed by atoms with van der Waals surface area (Å²) < 4.78 is 1.09. The fourth-order valence-corrected chi connectivity index (χ4v) is 5.79. The Morgan fingerprint density at radius 3 is 1.89 bits per heavy atom. The first-order valence-electron chi connectivity index (χ1n) is 9.95. The molecule has 0 radical (unpaired) electrons. The SMILES string of the molecule is N#CCCC[N+]12CCC(C(C#N)(c3ccccc3)c3ccccc3)(CC1)C2.[Br-]. The lowest BCUT2D eigenvalue weighted by Gasteiger charge is -2.41. The van der Waals surface area contributed by atoms with Crippen molar-refractivity contribution >= 4 is 0 Å². The van der Waals surface area contributed by atoms with Crippen molar-refractivity contribution in [1.29, 1.82) is 10.5 Å². The van der Waals surface area contributed by atoms with E-state index in [0.29, 0.717) is 6.42 Å². The molecule has 0 aromatic heterocycles. The topological polar surface area (TPSA) is 47.6 Å². The van der Waals surface area contributed by atoms with Gasteiger partial charge in [0.1, 0.15) is 5.41 Å². The predicted octanol–water partition coefficient (Wildman–Crippen LogP) is 1.41. The first-order valence-corrected chi connectivity index (χ1v) is 9.95. The van der Waals surface area contributed by atoms with Gasteiger partial charge in [-0.25, -0.2) is 0 Å². The Hall–Kier alpha value is -2.14. The number of fused-ring (bicyclic) bond motifs is 2. The van der Waals surface area contributed by atoms with Crippen LogP contribution in [0.15, 0.2) is 60.7 Å². The molecule has 0 saturated carbocycles. The zero-order chi connectivity index (χ0) is 18.8. The van der Waals surface area contributed by atoms with Gasteiger partial charge < -0.3 is 21.5 Å². The van der Waals surface area contributed by atoms with Gasteiger partial charge in [-0.05, 0) is 11.1 Å². The minimum atomic E-state index is -0.610. The molecule has 2 aromatic rings. The lowest BCUT2D eigenvalue weighted by molar-refractivity contribution is -0.909. The molecule has 28 heavy (non-hydrogen) atoms. The number of nitriles is 2. The fraction of sp³-hybridized carbons (Fsp3) is 0.417. The van der Waals surface area contributed by atoms with E-state index < -0.39 is 5.41 Å². The Balaban J connectivity index is 0.00000225. The van der Waals surface area contributed by atoms with E-state index in [1.54, 1.807) is 0 Å².